The van der Waals surface area contributed by atoms with Gasteiger partial charge in [-0.05, 0) is 129 Å². The molecule has 1 aromatic rings. The number of nitrogens with one attached hydrogen (secondary N) is 2. The second-order valence-corrected chi connectivity index (χ2v) is 15.7. The molecule has 3 N–H and O–H groups in total. The van der Waals surface area contributed by atoms with E-state index in [0.29, 0.717) is 62.1 Å². The van der Waals surface area contributed by atoms with Crippen LogP contribution >= 0.6 is 11.6 Å². The quantitative estimate of drug-likeness (QED) is 0.0960. The number of methoxy groups -OCH3 is 1. The van der Waals surface area contributed by atoms with E-state index in [1.807, 2.05) is 6.08 Å². The zero-order valence-corrected chi connectivity index (χ0v) is 31.4. The lowest BCUT2D eigenvalue weighted by atomic mass is 9.53. The maximum Gasteiger partial charge on any atom is 0.407 e. The number of hydrogen-bond acceptors (Lipinski definition) is 7. The van der Waals surface area contributed by atoms with E-state index in [0.717, 1.165) is 83.1 Å². The van der Waals surface area contributed by atoms with Crippen molar-refractivity contribution in [1.82, 2.24) is 10.6 Å². The van der Waals surface area contributed by atoms with E-state index in [1.165, 1.54) is 42.4 Å². The maximum absolute atomic E-state index is 12.2. The third-order valence-electron chi connectivity index (χ3n) is 12.1. The first-order valence-corrected chi connectivity index (χ1v) is 20.0. The molecule has 278 valence electrons. The van der Waals surface area contributed by atoms with Crippen molar-refractivity contribution in [2.45, 2.75) is 103 Å². The van der Waals surface area contributed by atoms with E-state index in [2.05, 4.69) is 46.7 Å². The van der Waals surface area contributed by atoms with Crippen LogP contribution in [0.1, 0.15) is 96.0 Å². The number of carbonyl (C=O) groups excluding carboxylic acids is 2. The Hall–Kier alpha value is -2.39. The number of carbonyl (C=O) groups is 2. The van der Waals surface area contributed by atoms with Crippen LogP contribution in [0.15, 0.2) is 47.1 Å². The van der Waals surface area contributed by atoms with Crippen molar-refractivity contribution in [3.8, 4) is 0 Å². The molecule has 0 aliphatic heterocycles. The average Bonchev–Trinajstić information content (AvgIpc) is 3.42. The number of aliphatic hydroxyl groups excluding tert-OH is 1. The van der Waals surface area contributed by atoms with Crippen molar-refractivity contribution < 1.29 is 24.2 Å². The molecular formula is C41H62ClN3O5. The molecule has 0 bridgehead atoms. The third-order valence-corrected chi connectivity index (χ3v) is 12.3. The van der Waals surface area contributed by atoms with Crippen molar-refractivity contribution in [3.05, 3.63) is 52.6 Å². The second kappa shape index (κ2) is 19.4. The summed E-state index contributed by atoms with van der Waals surface area (Å²) in [5.74, 6) is 2.60. The van der Waals surface area contributed by atoms with Gasteiger partial charge in [-0.3, -0.25) is 4.79 Å². The molecule has 4 aliphatic rings. The number of nitrogens with zero attached hydrogens (tertiary/aromatic N) is 1. The minimum absolute atomic E-state index is 0.0408. The molecule has 4 aliphatic carbocycles. The van der Waals surface area contributed by atoms with Gasteiger partial charge in [0.2, 0.25) is 0 Å². The summed E-state index contributed by atoms with van der Waals surface area (Å²) in [6.07, 6.45) is 16.0. The fraction of sp³-hybridized carbons (Fsp3) is 0.707. The first-order valence-electron chi connectivity index (χ1n) is 19.5. The smallest absolute Gasteiger partial charge is 0.407 e. The molecule has 2 saturated carbocycles. The van der Waals surface area contributed by atoms with Crippen LogP contribution in [0.4, 0.5) is 10.5 Å². The number of halogens is 1. The lowest BCUT2D eigenvalue weighted by molar-refractivity contribution is -0.114. The van der Waals surface area contributed by atoms with Crippen LogP contribution in [-0.4, -0.2) is 82.0 Å². The van der Waals surface area contributed by atoms with Gasteiger partial charge in [-0.25, -0.2) is 4.79 Å². The molecule has 5 rings (SSSR count). The van der Waals surface area contributed by atoms with E-state index in [9.17, 15) is 14.7 Å². The highest BCUT2D eigenvalue weighted by Gasteiger charge is 2.55. The molecule has 0 spiro atoms. The predicted molar refractivity (Wildman–Crippen MR) is 202 cm³/mol. The number of alkyl carbamates (subject to hydrolysis) is 1. The Kier molecular flexibility index (Phi) is 15.1. The number of anilines is 1. The number of fused-ring (bicyclic) bond motifs is 4. The van der Waals surface area contributed by atoms with Crippen molar-refractivity contribution in [2.24, 2.45) is 23.2 Å². The minimum atomic E-state index is -0.358. The number of ether oxygens (including phenoxy) is 2. The van der Waals surface area contributed by atoms with Crippen LogP contribution in [0.25, 0.3) is 0 Å². The van der Waals surface area contributed by atoms with Crippen molar-refractivity contribution in [3.63, 3.8) is 0 Å². The summed E-state index contributed by atoms with van der Waals surface area (Å²) in [5.41, 5.74) is 6.96. The number of benzene rings is 1. The summed E-state index contributed by atoms with van der Waals surface area (Å²) < 4.78 is 10.6. The number of ketones is 1. The van der Waals surface area contributed by atoms with Crippen LogP contribution in [0.3, 0.4) is 0 Å². The largest absolute Gasteiger partial charge is 0.448 e. The highest BCUT2D eigenvalue weighted by Crippen LogP contribution is 2.62. The first kappa shape index (κ1) is 38.8. The van der Waals surface area contributed by atoms with E-state index < -0.39 is 0 Å². The van der Waals surface area contributed by atoms with Gasteiger partial charge in [0.25, 0.3) is 0 Å². The molecule has 0 saturated heterocycles. The summed E-state index contributed by atoms with van der Waals surface area (Å²) in [7, 11) is 1.71. The summed E-state index contributed by atoms with van der Waals surface area (Å²) >= 11 is 5.97. The fourth-order valence-corrected chi connectivity index (χ4v) is 9.68. The summed E-state index contributed by atoms with van der Waals surface area (Å²) in [5, 5.41) is 17.3. The van der Waals surface area contributed by atoms with Crippen molar-refractivity contribution in [2.75, 3.05) is 63.8 Å². The molecule has 1 amide bonds. The lowest BCUT2D eigenvalue weighted by Crippen LogP contribution is -2.45. The second-order valence-electron chi connectivity index (χ2n) is 15.3. The fourth-order valence-electron chi connectivity index (χ4n) is 9.48. The standard InChI is InChI=1S/C41H62ClN3O5/c1-41-29-32(39-35-17-15-34(46)28-31(35)12-16-36(39)37(41)18-19-38(41)47)9-5-3-4-6-21-43-23-26-50-40(48)44-22-7-8-30-10-13-33(14-11-30)45(24-20-42)25-27-49-2/h10-11,13-14,28,32,36-38,43,47H,3-9,12,15-27,29H2,1-2H3,(H,44,48)/t32-,36?,37?,38-,41-/m0/s1. The lowest BCUT2D eigenvalue weighted by Gasteiger charge is -2.52. The molecule has 1 aromatic carbocycles. The Morgan fingerprint density at radius 3 is 2.60 bits per heavy atom. The Labute approximate surface area is 305 Å². The molecule has 5 atom stereocenters. The van der Waals surface area contributed by atoms with E-state index in [1.54, 1.807) is 12.7 Å². The molecule has 0 heterocycles. The number of allylic oxidation sites excluding steroid dienone is 4. The molecule has 8 nitrogen and oxygen atoms in total. The van der Waals surface area contributed by atoms with Crippen LogP contribution in [0, 0.1) is 23.2 Å². The van der Waals surface area contributed by atoms with Crippen LogP contribution in [0.5, 0.6) is 0 Å². The van der Waals surface area contributed by atoms with Crippen LogP contribution in [-0.2, 0) is 20.7 Å². The van der Waals surface area contributed by atoms with Gasteiger partial charge in [0.1, 0.15) is 6.61 Å². The molecular weight excluding hydrogens is 650 g/mol. The number of hydrogen-bond donors (Lipinski definition) is 3. The van der Waals surface area contributed by atoms with Crippen LogP contribution in [0.2, 0.25) is 0 Å². The first-order chi connectivity index (χ1) is 24.3. The molecule has 0 aromatic heterocycles. The number of aryl methyl sites for hydroxylation is 1. The van der Waals surface area contributed by atoms with Gasteiger partial charge < -0.3 is 30.1 Å². The van der Waals surface area contributed by atoms with Crippen molar-refractivity contribution in [1.29, 1.82) is 0 Å². The van der Waals surface area contributed by atoms with Crippen molar-refractivity contribution >= 4 is 29.2 Å². The molecule has 2 unspecified atom stereocenters. The van der Waals surface area contributed by atoms with Gasteiger partial charge in [0.05, 0.1) is 12.7 Å². The number of unbranched alkanes of at least 4 members (excludes halogenated alkanes) is 3. The zero-order chi connectivity index (χ0) is 35.3. The summed E-state index contributed by atoms with van der Waals surface area (Å²) in [6, 6.07) is 8.52. The maximum atomic E-state index is 12.2. The molecule has 50 heavy (non-hydrogen) atoms. The van der Waals surface area contributed by atoms with Gasteiger partial charge in [-0.2, -0.15) is 0 Å². The van der Waals surface area contributed by atoms with Gasteiger partial charge in [-0.15, -0.1) is 11.6 Å². The Bertz CT molecular complexity index is 1320. The topological polar surface area (TPSA) is 100 Å². The summed E-state index contributed by atoms with van der Waals surface area (Å²) in [4.78, 5) is 26.5. The molecule has 0 radical (unpaired) electrons. The molecule has 9 heteroatoms. The average molecular weight is 712 g/mol. The molecule has 2 fully saturated rings. The third kappa shape index (κ3) is 10.1. The number of aliphatic hydroxyl groups is 1. The minimum Gasteiger partial charge on any atom is -0.448 e. The van der Waals surface area contributed by atoms with Gasteiger partial charge in [-0.1, -0.05) is 43.9 Å². The Balaban J connectivity index is 0.918. The highest BCUT2D eigenvalue weighted by molar-refractivity contribution is 6.18. The number of alkyl halides is 1. The SMILES string of the molecule is COCCN(CCCl)c1ccc(CCCNC(=O)OCCNCCCCCC[C@H]2C[C@@]3(C)C(CC[C@@H]3O)C3CCC4=CC(=O)CCC4=C32)cc1. The van der Waals surface area contributed by atoms with Gasteiger partial charge in [0, 0.05) is 51.3 Å². The van der Waals surface area contributed by atoms with E-state index in [-0.39, 0.29) is 17.6 Å². The Morgan fingerprint density at radius 1 is 0.980 bits per heavy atom. The number of amides is 1. The zero-order valence-electron chi connectivity index (χ0n) is 30.7. The summed E-state index contributed by atoms with van der Waals surface area (Å²) in [6.45, 7) is 7.15. The van der Waals surface area contributed by atoms with Crippen LogP contribution < -0.4 is 15.5 Å². The highest BCUT2D eigenvalue weighted by atomic mass is 35.5. The van der Waals surface area contributed by atoms with E-state index >= 15 is 0 Å². The normalized spacial score (nSPS) is 25.8. The van der Waals surface area contributed by atoms with Gasteiger partial charge >= 0.3 is 6.09 Å². The monoisotopic (exact) mass is 711 g/mol. The predicted octanol–water partition coefficient (Wildman–Crippen LogP) is 7.37. The van der Waals surface area contributed by atoms with Gasteiger partial charge in [0.15, 0.2) is 5.78 Å². The van der Waals surface area contributed by atoms with E-state index in [4.69, 9.17) is 21.1 Å². The number of rotatable bonds is 20. The Morgan fingerprint density at radius 2 is 1.80 bits per heavy atom.